The average molecular weight is 510 g/mol. The van der Waals surface area contributed by atoms with Crippen LogP contribution in [0.4, 0.5) is 0 Å². The molecule has 0 spiro atoms. The lowest BCUT2D eigenvalue weighted by Crippen LogP contribution is -2.30. The Bertz CT molecular complexity index is 948. The first-order valence-electron chi connectivity index (χ1n) is 11.5. The van der Waals surface area contributed by atoms with Crippen molar-refractivity contribution in [2.75, 3.05) is 40.3 Å². The largest absolute Gasteiger partial charge is 0.456 e. The number of nitrogens with one attached hydrogen (secondary N) is 1. The number of hydrogen-bond donors (Lipinski definition) is 1. The second-order valence-corrected chi connectivity index (χ2v) is 9.87. The minimum atomic E-state index is 0. The quantitative estimate of drug-likeness (QED) is 0.581. The van der Waals surface area contributed by atoms with Gasteiger partial charge in [-0.1, -0.05) is 43.6 Å². The van der Waals surface area contributed by atoms with Gasteiger partial charge in [-0.25, -0.2) is 0 Å². The van der Waals surface area contributed by atoms with E-state index >= 15 is 0 Å². The fourth-order valence-electron chi connectivity index (χ4n) is 3.96. The first-order chi connectivity index (χ1) is 15.7. The molecule has 2 atom stereocenters. The fourth-order valence-corrected chi connectivity index (χ4v) is 4.37. The van der Waals surface area contributed by atoms with Gasteiger partial charge in [0.05, 0.1) is 17.1 Å². The van der Waals surface area contributed by atoms with Gasteiger partial charge >= 0.3 is 0 Å². The second kappa shape index (κ2) is 13.3. The minimum absolute atomic E-state index is 0. The van der Waals surface area contributed by atoms with Crippen molar-refractivity contribution in [1.82, 2.24) is 20.1 Å². The maximum absolute atomic E-state index is 12.4. The summed E-state index contributed by atoms with van der Waals surface area (Å²) >= 11 is 12.4. The number of halogens is 2. The van der Waals surface area contributed by atoms with Crippen LogP contribution in [0.1, 0.15) is 38.4 Å². The molecular weight excluding hydrogens is 471 g/mol. The number of rotatable bonds is 5. The molecule has 34 heavy (non-hydrogen) atoms. The molecule has 2 aromatic rings. The van der Waals surface area contributed by atoms with E-state index in [1.165, 1.54) is 19.5 Å². The molecule has 0 saturated carbocycles. The van der Waals surface area contributed by atoms with Crippen molar-refractivity contribution in [2.45, 2.75) is 46.6 Å². The van der Waals surface area contributed by atoms with Gasteiger partial charge in [-0.05, 0) is 64.0 Å². The van der Waals surface area contributed by atoms with E-state index in [1.807, 2.05) is 17.9 Å². The molecule has 3 heterocycles. The Kier molecular flexibility index (Phi) is 11.1. The normalized spacial score (nSPS) is 19.4. The summed E-state index contributed by atoms with van der Waals surface area (Å²) in [5.41, 5.74) is 1.57. The van der Waals surface area contributed by atoms with Crippen LogP contribution in [-0.4, -0.2) is 67.0 Å². The Morgan fingerprint density at radius 1 is 1.24 bits per heavy atom. The van der Waals surface area contributed by atoms with Gasteiger partial charge in [-0.2, -0.15) is 0 Å². The van der Waals surface area contributed by atoms with Gasteiger partial charge in [0, 0.05) is 37.9 Å². The summed E-state index contributed by atoms with van der Waals surface area (Å²) in [6.07, 6.45) is 4.28. The van der Waals surface area contributed by atoms with E-state index in [2.05, 4.69) is 36.2 Å². The van der Waals surface area contributed by atoms with E-state index in [9.17, 15) is 4.79 Å². The number of amides is 1. The molecule has 4 rings (SSSR count). The lowest BCUT2D eigenvalue weighted by molar-refractivity contribution is -0.129. The molecule has 8 heteroatoms. The summed E-state index contributed by atoms with van der Waals surface area (Å²) in [5.74, 6) is 1.73. The van der Waals surface area contributed by atoms with Crippen LogP contribution in [0, 0.1) is 12.8 Å². The summed E-state index contributed by atoms with van der Waals surface area (Å²) in [6.45, 7) is 8.07. The summed E-state index contributed by atoms with van der Waals surface area (Å²) < 4.78 is 5.83. The lowest BCUT2D eigenvalue weighted by Gasteiger charge is -2.16. The van der Waals surface area contributed by atoms with Gasteiger partial charge in [0.1, 0.15) is 16.5 Å². The van der Waals surface area contributed by atoms with E-state index in [0.717, 1.165) is 31.1 Å². The van der Waals surface area contributed by atoms with Crippen molar-refractivity contribution in [2.24, 2.45) is 5.92 Å². The zero-order chi connectivity index (χ0) is 24.0. The molecule has 2 fully saturated rings. The lowest BCUT2D eigenvalue weighted by atomic mass is 10.2. The van der Waals surface area contributed by atoms with Crippen molar-refractivity contribution in [1.29, 1.82) is 0 Å². The first-order valence-corrected chi connectivity index (χ1v) is 12.2. The van der Waals surface area contributed by atoms with Crippen LogP contribution in [0.5, 0.6) is 11.5 Å². The molecule has 1 aromatic carbocycles. The van der Waals surface area contributed by atoms with E-state index in [-0.39, 0.29) is 19.8 Å². The number of ether oxygens (including phenoxy) is 1. The highest BCUT2D eigenvalue weighted by Crippen LogP contribution is 2.36. The van der Waals surface area contributed by atoms with Gasteiger partial charge in [0.25, 0.3) is 0 Å². The van der Waals surface area contributed by atoms with Crippen molar-refractivity contribution in [3.05, 3.63) is 51.8 Å². The highest BCUT2D eigenvalue weighted by Gasteiger charge is 2.23. The maximum Gasteiger partial charge on any atom is 0.228 e. The Labute approximate surface area is 214 Å². The number of aryl methyl sites for hydroxylation is 1. The zero-order valence-corrected chi connectivity index (χ0v) is 21.4. The molecular formula is C26H38Cl2N4O2. The molecule has 2 saturated heterocycles. The summed E-state index contributed by atoms with van der Waals surface area (Å²) in [6, 6.07) is 7.91. The van der Waals surface area contributed by atoms with Crippen LogP contribution in [0.25, 0.3) is 0 Å². The van der Waals surface area contributed by atoms with Gasteiger partial charge in [0.2, 0.25) is 5.91 Å². The molecule has 2 aliphatic rings. The number of pyridine rings is 1. The molecule has 188 valence electrons. The highest BCUT2D eigenvalue weighted by atomic mass is 35.5. The Balaban J connectivity index is 0.000000386. The second-order valence-electron chi connectivity index (χ2n) is 9.11. The first kappa shape index (κ1) is 28.4. The Morgan fingerprint density at radius 2 is 2.00 bits per heavy atom. The molecule has 0 aliphatic carbocycles. The van der Waals surface area contributed by atoms with Crippen molar-refractivity contribution in [3.63, 3.8) is 0 Å². The predicted octanol–water partition coefficient (Wildman–Crippen LogP) is 5.45. The van der Waals surface area contributed by atoms with Crippen LogP contribution < -0.4 is 10.1 Å². The van der Waals surface area contributed by atoms with E-state index in [4.69, 9.17) is 27.9 Å². The molecule has 6 nitrogen and oxygen atoms in total. The third-order valence-corrected chi connectivity index (χ3v) is 7.09. The Hall–Kier alpha value is -1.86. The number of benzene rings is 1. The number of likely N-dealkylation sites (tertiary alicyclic amines) is 1. The third-order valence-electron chi connectivity index (χ3n) is 6.13. The number of carbonyl (C=O) groups is 1. The summed E-state index contributed by atoms with van der Waals surface area (Å²) in [5, 5.41) is 4.17. The highest BCUT2D eigenvalue weighted by molar-refractivity contribution is 6.43. The molecule has 0 unspecified atom stereocenters. The topological polar surface area (TPSA) is 57.7 Å². The maximum atomic E-state index is 12.4. The molecule has 2 aliphatic heterocycles. The summed E-state index contributed by atoms with van der Waals surface area (Å²) in [7, 11) is 4.27. The van der Waals surface area contributed by atoms with Crippen LogP contribution in [0.3, 0.4) is 0 Å². The Morgan fingerprint density at radius 3 is 2.59 bits per heavy atom. The molecule has 0 bridgehead atoms. The van der Waals surface area contributed by atoms with Crippen LogP contribution >= 0.6 is 23.2 Å². The molecule has 0 radical (unpaired) electrons. The molecule has 1 N–H and O–H groups in total. The predicted molar refractivity (Wildman–Crippen MR) is 141 cm³/mol. The van der Waals surface area contributed by atoms with Gasteiger partial charge in [0.15, 0.2) is 0 Å². The molecule has 1 amide bonds. The zero-order valence-electron chi connectivity index (χ0n) is 19.9. The van der Waals surface area contributed by atoms with Crippen LogP contribution in [-0.2, 0) is 11.2 Å². The number of nitrogens with zero attached hydrogens (tertiary/aromatic N) is 3. The number of likely N-dealkylation sites (N-methyl/N-ethyl adjacent to an activating group) is 1. The van der Waals surface area contributed by atoms with Crippen LogP contribution in [0.2, 0.25) is 10.0 Å². The van der Waals surface area contributed by atoms with Crippen molar-refractivity contribution < 1.29 is 9.53 Å². The SMILES string of the molecule is C.CN(C)[C@@H]1CCNC1.Cc1ccc(Oc2ccnc(CC(=O)N3CC[C@@H](C)C3)c2)c(Cl)c1Cl. The number of aromatic nitrogens is 1. The number of carbonyl (C=O) groups excluding carboxylic acids is 1. The third kappa shape index (κ3) is 7.84. The van der Waals surface area contributed by atoms with E-state index in [0.29, 0.717) is 33.2 Å². The monoisotopic (exact) mass is 508 g/mol. The van der Waals surface area contributed by atoms with Crippen LogP contribution in [0.15, 0.2) is 30.5 Å². The van der Waals surface area contributed by atoms with Gasteiger partial charge in [-0.15, -0.1) is 0 Å². The summed E-state index contributed by atoms with van der Waals surface area (Å²) in [4.78, 5) is 20.8. The molecule has 1 aromatic heterocycles. The van der Waals surface area contributed by atoms with E-state index < -0.39 is 0 Å². The standard InChI is InChI=1S/C19H20Cl2N2O2.C6H14N2.CH4/c1-12-6-8-23(11-12)17(24)10-14-9-15(5-7-22-14)25-16-4-3-13(2)18(20)19(16)21;1-8(2)6-3-4-7-5-6;/h3-5,7,9,12H,6,8,10-11H2,1-2H3;6-7H,3-5H2,1-2H3;1H4/t12-;6-;/m11./s1. The number of hydrogen-bond acceptors (Lipinski definition) is 5. The van der Waals surface area contributed by atoms with Crippen molar-refractivity contribution >= 4 is 29.1 Å². The van der Waals surface area contributed by atoms with Gasteiger partial charge in [-0.3, -0.25) is 9.78 Å². The van der Waals surface area contributed by atoms with E-state index in [1.54, 1.807) is 24.4 Å². The average Bonchev–Trinajstić information content (AvgIpc) is 3.47. The fraction of sp³-hybridized carbons (Fsp3) is 0.538. The van der Waals surface area contributed by atoms with Gasteiger partial charge < -0.3 is 19.9 Å². The smallest absolute Gasteiger partial charge is 0.228 e. The van der Waals surface area contributed by atoms with Crippen molar-refractivity contribution in [3.8, 4) is 11.5 Å². The minimum Gasteiger partial charge on any atom is -0.456 e.